The maximum absolute atomic E-state index is 14.0. The molecule has 0 unspecified atom stereocenters. The molecule has 0 amide bonds. The van der Waals surface area contributed by atoms with E-state index >= 15 is 0 Å². The third kappa shape index (κ3) is 7.08. The third-order valence-electron chi connectivity index (χ3n) is 6.99. The Morgan fingerprint density at radius 2 is 1.94 bits per heavy atom. The third-order valence-corrected chi connectivity index (χ3v) is 6.99. The monoisotopic (exact) mass is 495 g/mol. The van der Waals surface area contributed by atoms with Gasteiger partial charge >= 0.3 is 0 Å². The molecule has 4 rings (SSSR count). The summed E-state index contributed by atoms with van der Waals surface area (Å²) in [4.78, 5) is 6.83. The van der Waals surface area contributed by atoms with Crippen LogP contribution in [0, 0.1) is 5.82 Å². The van der Waals surface area contributed by atoms with Gasteiger partial charge in [0.05, 0.1) is 6.61 Å². The predicted octanol–water partition coefficient (Wildman–Crippen LogP) is 5.50. The number of methoxy groups -OCH3 is 1. The number of para-hydroxylation sites is 1. The van der Waals surface area contributed by atoms with Crippen molar-refractivity contribution in [3.63, 3.8) is 0 Å². The zero-order valence-corrected chi connectivity index (χ0v) is 21.5. The van der Waals surface area contributed by atoms with Crippen molar-refractivity contribution in [2.24, 2.45) is 0 Å². The smallest absolute Gasteiger partial charge is 0.165 e. The fourth-order valence-corrected chi connectivity index (χ4v) is 4.83. The summed E-state index contributed by atoms with van der Waals surface area (Å²) >= 11 is 0. The molecule has 0 saturated carbocycles. The molecular formula is C29H38FN3O3. The highest BCUT2D eigenvalue weighted by Gasteiger charge is 2.34. The highest BCUT2D eigenvalue weighted by Crippen LogP contribution is 2.29. The molecular weight excluding hydrogens is 457 g/mol. The summed E-state index contributed by atoms with van der Waals surface area (Å²) in [6.07, 6.45) is 8.49. The van der Waals surface area contributed by atoms with Gasteiger partial charge in [0.2, 0.25) is 0 Å². The number of imidazole rings is 1. The Kier molecular flexibility index (Phi) is 9.36. The van der Waals surface area contributed by atoms with E-state index in [4.69, 9.17) is 14.2 Å². The van der Waals surface area contributed by atoms with Crippen LogP contribution in [0.5, 0.6) is 11.5 Å². The van der Waals surface area contributed by atoms with Crippen molar-refractivity contribution in [1.82, 2.24) is 14.5 Å². The first-order chi connectivity index (χ1) is 17.6. The molecule has 7 heteroatoms. The zero-order chi connectivity index (χ0) is 25.2. The second kappa shape index (κ2) is 12.9. The van der Waals surface area contributed by atoms with E-state index in [1.165, 1.54) is 11.6 Å². The zero-order valence-electron chi connectivity index (χ0n) is 21.5. The van der Waals surface area contributed by atoms with Crippen molar-refractivity contribution in [2.45, 2.75) is 57.7 Å². The molecule has 1 saturated heterocycles. The maximum atomic E-state index is 14.0. The number of hydrogen-bond donors (Lipinski definition) is 0. The molecule has 1 atom stereocenters. The molecule has 1 aliphatic heterocycles. The highest BCUT2D eigenvalue weighted by atomic mass is 19.1. The Labute approximate surface area is 214 Å². The van der Waals surface area contributed by atoms with Crippen LogP contribution in [0.1, 0.15) is 44.0 Å². The van der Waals surface area contributed by atoms with E-state index in [2.05, 4.69) is 39.6 Å². The van der Waals surface area contributed by atoms with Gasteiger partial charge in [-0.3, -0.25) is 4.90 Å². The minimum absolute atomic E-state index is 0.280. The summed E-state index contributed by atoms with van der Waals surface area (Å²) in [7, 11) is 1.73. The van der Waals surface area contributed by atoms with Crippen molar-refractivity contribution in [1.29, 1.82) is 0 Å². The van der Waals surface area contributed by atoms with Gasteiger partial charge in [-0.05, 0) is 62.1 Å². The van der Waals surface area contributed by atoms with Crippen LogP contribution in [-0.2, 0) is 24.2 Å². The molecule has 194 valence electrons. The van der Waals surface area contributed by atoms with E-state index in [1.54, 1.807) is 25.3 Å². The molecule has 0 N–H and O–H groups in total. The molecule has 6 nitrogen and oxygen atoms in total. The second-order valence-corrected chi connectivity index (χ2v) is 9.48. The number of halogens is 1. The standard InChI is InChI=1S/C29H38FN3O3/c1-3-28-31-15-19-33(28)17-8-20-35-25-10-6-9-24(21-25)22-32-16-7-13-29(34-2,14-18-32)23-36-27-12-5-4-11-26(27)30/h4-6,9-12,15,19,21H,3,7-8,13-14,16-18,20,22-23H2,1-2H3/t29-/m1/s1. The van der Waals surface area contributed by atoms with Gasteiger partial charge in [-0.25, -0.2) is 9.37 Å². The minimum Gasteiger partial charge on any atom is -0.494 e. The first-order valence-corrected chi connectivity index (χ1v) is 13.0. The number of rotatable bonds is 12. The van der Waals surface area contributed by atoms with Gasteiger partial charge in [0, 0.05) is 45.6 Å². The molecule has 36 heavy (non-hydrogen) atoms. The second-order valence-electron chi connectivity index (χ2n) is 9.48. The summed E-state index contributed by atoms with van der Waals surface area (Å²) in [6, 6.07) is 14.9. The Morgan fingerprint density at radius 3 is 2.78 bits per heavy atom. The molecule has 3 aromatic rings. The lowest BCUT2D eigenvalue weighted by molar-refractivity contribution is -0.0548. The van der Waals surface area contributed by atoms with Gasteiger partial charge in [0.15, 0.2) is 11.6 Å². The largest absolute Gasteiger partial charge is 0.494 e. The lowest BCUT2D eigenvalue weighted by Gasteiger charge is -2.31. The Hall–Kier alpha value is -2.90. The molecule has 0 aliphatic carbocycles. The minimum atomic E-state index is -0.408. The first-order valence-electron chi connectivity index (χ1n) is 13.0. The quantitative estimate of drug-likeness (QED) is 0.311. The van der Waals surface area contributed by atoms with Gasteiger partial charge < -0.3 is 18.8 Å². The van der Waals surface area contributed by atoms with E-state index in [0.29, 0.717) is 13.2 Å². The van der Waals surface area contributed by atoms with Crippen LogP contribution in [0.25, 0.3) is 0 Å². The SMILES string of the molecule is CCc1nccn1CCCOc1cccc(CN2CCC[C@@](COc3ccccc3F)(OC)CC2)c1. The van der Waals surface area contributed by atoms with Crippen LogP contribution in [-0.4, -0.2) is 53.5 Å². The normalized spacial score (nSPS) is 18.6. The van der Waals surface area contributed by atoms with Gasteiger partial charge in [-0.1, -0.05) is 31.2 Å². The molecule has 1 aliphatic rings. The average Bonchev–Trinajstić information content (AvgIpc) is 3.26. The van der Waals surface area contributed by atoms with E-state index in [-0.39, 0.29) is 11.6 Å². The van der Waals surface area contributed by atoms with E-state index in [1.807, 2.05) is 18.5 Å². The highest BCUT2D eigenvalue weighted by molar-refractivity contribution is 5.28. The van der Waals surface area contributed by atoms with Crippen molar-refractivity contribution in [3.05, 3.63) is 78.1 Å². The van der Waals surface area contributed by atoms with Crippen LogP contribution < -0.4 is 9.47 Å². The predicted molar refractivity (Wildman–Crippen MR) is 139 cm³/mol. The number of benzene rings is 2. The van der Waals surface area contributed by atoms with Crippen LogP contribution in [0.2, 0.25) is 0 Å². The van der Waals surface area contributed by atoms with Crippen LogP contribution in [0.15, 0.2) is 60.9 Å². The number of likely N-dealkylation sites (tertiary alicyclic amines) is 1. The van der Waals surface area contributed by atoms with E-state index in [9.17, 15) is 4.39 Å². The number of aryl methyl sites for hydroxylation is 2. The van der Waals surface area contributed by atoms with E-state index < -0.39 is 5.60 Å². The van der Waals surface area contributed by atoms with Gasteiger partial charge in [0.25, 0.3) is 0 Å². The van der Waals surface area contributed by atoms with Crippen molar-refractivity contribution >= 4 is 0 Å². The van der Waals surface area contributed by atoms with Gasteiger partial charge in [-0.15, -0.1) is 0 Å². The molecule has 1 aromatic heterocycles. The topological polar surface area (TPSA) is 48.8 Å². The fourth-order valence-electron chi connectivity index (χ4n) is 4.83. The van der Waals surface area contributed by atoms with Gasteiger partial charge in [0.1, 0.15) is 23.8 Å². The number of ether oxygens (including phenoxy) is 3. The Morgan fingerprint density at radius 1 is 1.06 bits per heavy atom. The van der Waals surface area contributed by atoms with E-state index in [0.717, 1.165) is 69.9 Å². The van der Waals surface area contributed by atoms with Crippen LogP contribution in [0.4, 0.5) is 4.39 Å². The summed E-state index contributed by atoms with van der Waals surface area (Å²) in [5.74, 6) is 1.97. The van der Waals surface area contributed by atoms with Crippen molar-refractivity contribution in [3.8, 4) is 11.5 Å². The summed E-state index contributed by atoms with van der Waals surface area (Å²) in [5.41, 5.74) is 0.831. The lowest BCUT2D eigenvalue weighted by Crippen LogP contribution is -2.39. The van der Waals surface area contributed by atoms with Crippen molar-refractivity contribution in [2.75, 3.05) is 33.4 Å². The summed E-state index contributed by atoms with van der Waals surface area (Å²) in [5, 5.41) is 0. The number of hydrogen-bond acceptors (Lipinski definition) is 5. The number of nitrogens with zero attached hydrogens (tertiary/aromatic N) is 3. The Balaban J connectivity index is 1.26. The Bertz CT molecular complexity index is 1090. The average molecular weight is 496 g/mol. The molecule has 2 aromatic carbocycles. The van der Waals surface area contributed by atoms with Gasteiger partial charge in [-0.2, -0.15) is 0 Å². The van der Waals surface area contributed by atoms with Crippen LogP contribution >= 0.6 is 0 Å². The molecule has 0 radical (unpaired) electrons. The molecule has 0 spiro atoms. The van der Waals surface area contributed by atoms with Crippen LogP contribution in [0.3, 0.4) is 0 Å². The lowest BCUT2D eigenvalue weighted by atomic mass is 9.95. The fraction of sp³-hybridized carbons (Fsp3) is 0.483. The number of aromatic nitrogens is 2. The molecule has 2 heterocycles. The first kappa shape index (κ1) is 26.2. The molecule has 1 fully saturated rings. The maximum Gasteiger partial charge on any atom is 0.165 e. The molecule has 0 bridgehead atoms. The summed E-state index contributed by atoms with van der Waals surface area (Å²) < 4.78 is 34.0. The van der Waals surface area contributed by atoms with Crippen molar-refractivity contribution < 1.29 is 18.6 Å². The summed E-state index contributed by atoms with van der Waals surface area (Å²) in [6.45, 7) is 6.80.